The Kier molecular flexibility index (Phi) is 5.20. The molecule has 1 heterocycles. The molecule has 0 fully saturated rings. The first-order chi connectivity index (χ1) is 13.7. The second kappa shape index (κ2) is 8.09. The molecule has 3 aromatic rings. The molecule has 0 saturated carbocycles. The van der Waals surface area contributed by atoms with Crippen LogP contribution in [0.25, 0.3) is 0 Å². The monoisotopic (exact) mass is 370 g/mol. The molecule has 0 bridgehead atoms. The Labute approximate surface area is 164 Å². The fourth-order valence-electron chi connectivity index (χ4n) is 3.70. The molecule has 2 amide bonds. The zero-order chi connectivity index (χ0) is 19.3. The zero-order valence-corrected chi connectivity index (χ0v) is 15.5. The van der Waals surface area contributed by atoms with Crippen molar-refractivity contribution in [1.29, 1.82) is 0 Å². The second-order valence-corrected chi connectivity index (χ2v) is 7.05. The van der Waals surface area contributed by atoms with Crippen molar-refractivity contribution < 1.29 is 9.59 Å². The van der Waals surface area contributed by atoms with Gasteiger partial charge >= 0.3 is 0 Å². The number of carbonyl (C=O) groups is 2. The average molecular weight is 370 g/mol. The molecule has 4 heteroatoms. The highest BCUT2D eigenvalue weighted by atomic mass is 16.2. The van der Waals surface area contributed by atoms with E-state index in [-0.39, 0.29) is 24.3 Å². The minimum atomic E-state index is -0.480. The fourth-order valence-corrected chi connectivity index (χ4v) is 3.70. The molecular formula is C24H22N2O2. The van der Waals surface area contributed by atoms with E-state index in [0.29, 0.717) is 6.42 Å². The highest BCUT2D eigenvalue weighted by molar-refractivity contribution is 6.01. The summed E-state index contributed by atoms with van der Waals surface area (Å²) < 4.78 is 0. The first-order valence-corrected chi connectivity index (χ1v) is 9.49. The minimum absolute atomic E-state index is 0.118. The number of hydrogen-bond acceptors (Lipinski definition) is 2. The van der Waals surface area contributed by atoms with Crippen molar-refractivity contribution in [2.45, 2.75) is 24.8 Å². The van der Waals surface area contributed by atoms with Gasteiger partial charge in [-0.1, -0.05) is 78.9 Å². The Morgan fingerprint density at radius 1 is 0.929 bits per heavy atom. The minimum Gasteiger partial charge on any atom is -0.348 e. The molecule has 1 aliphatic rings. The van der Waals surface area contributed by atoms with Gasteiger partial charge in [-0.3, -0.25) is 9.59 Å². The summed E-state index contributed by atoms with van der Waals surface area (Å²) in [5.74, 6) is -0.725. The molecule has 2 N–H and O–H groups in total. The summed E-state index contributed by atoms with van der Waals surface area (Å²) in [4.78, 5) is 25.3. The topological polar surface area (TPSA) is 58.2 Å². The summed E-state index contributed by atoms with van der Waals surface area (Å²) >= 11 is 0. The number of anilines is 1. The third-order valence-corrected chi connectivity index (χ3v) is 5.12. The lowest BCUT2D eigenvalue weighted by Gasteiger charge is -2.27. The maximum absolute atomic E-state index is 13.2. The molecule has 4 rings (SSSR count). The Hall–Kier alpha value is -3.40. The molecule has 0 radical (unpaired) electrons. The van der Waals surface area contributed by atoms with Crippen LogP contribution in [0.4, 0.5) is 5.69 Å². The van der Waals surface area contributed by atoms with E-state index in [9.17, 15) is 9.59 Å². The number of benzene rings is 3. The third kappa shape index (κ3) is 3.96. The summed E-state index contributed by atoms with van der Waals surface area (Å²) in [5, 5.41) is 6.04. The largest absolute Gasteiger partial charge is 0.348 e. The lowest BCUT2D eigenvalue weighted by Crippen LogP contribution is -2.37. The van der Waals surface area contributed by atoms with E-state index >= 15 is 0 Å². The van der Waals surface area contributed by atoms with Crippen LogP contribution in [-0.2, 0) is 16.0 Å². The molecule has 2 atom stereocenters. The number of amides is 2. The van der Waals surface area contributed by atoms with Crippen LogP contribution in [0.5, 0.6) is 0 Å². The van der Waals surface area contributed by atoms with Crippen LogP contribution in [-0.4, -0.2) is 11.8 Å². The van der Waals surface area contributed by atoms with E-state index in [4.69, 9.17) is 0 Å². The van der Waals surface area contributed by atoms with Crippen molar-refractivity contribution >= 4 is 17.5 Å². The van der Waals surface area contributed by atoms with Crippen LogP contribution in [0, 0.1) is 0 Å². The fraction of sp³-hybridized carbons (Fsp3) is 0.167. The molecule has 1 aliphatic heterocycles. The van der Waals surface area contributed by atoms with Crippen molar-refractivity contribution in [3.63, 3.8) is 0 Å². The Morgan fingerprint density at radius 3 is 2.32 bits per heavy atom. The zero-order valence-electron chi connectivity index (χ0n) is 15.5. The van der Waals surface area contributed by atoms with Crippen molar-refractivity contribution in [3.05, 3.63) is 102 Å². The van der Waals surface area contributed by atoms with Crippen molar-refractivity contribution in [2.75, 3.05) is 5.32 Å². The molecule has 4 nitrogen and oxygen atoms in total. The first kappa shape index (κ1) is 18.0. The van der Waals surface area contributed by atoms with Crippen LogP contribution in [0.1, 0.15) is 35.1 Å². The SMILES string of the molecule is O=C1CC(C(=O)NC(Cc2ccccc2)c2ccccc2)c2ccccc2N1. The summed E-state index contributed by atoms with van der Waals surface area (Å²) in [6.45, 7) is 0. The first-order valence-electron chi connectivity index (χ1n) is 9.49. The molecule has 0 aromatic heterocycles. The van der Waals surface area contributed by atoms with Crippen LogP contribution < -0.4 is 10.6 Å². The maximum atomic E-state index is 13.2. The Balaban J connectivity index is 1.60. The van der Waals surface area contributed by atoms with E-state index in [1.54, 1.807) is 0 Å². The molecule has 140 valence electrons. The van der Waals surface area contributed by atoms with E-state index in [1.807, 2.05) is 72.8 Å². The molecule has 28 heavy (non-hydrogen) atoms. The Morgan fingerprint density at radius 2 is 1.57 bits per heavy atom. The molecule has 3 aromatic carbocycles. The van der Waals surface area contributed by atoms with Crippen LogP contribution in [0.2, 0.25) is 0 Å². The van der Waals surface area contributed by atoms with Gasteiger partial charge in [0.1, 0.15) is 0 Å². The smallest absolute Gasteiger partial charge is 0.228 e. The molecule has 0 spiro atoms. The Bertz CT molecular complexity index is 970. The lowest BCUT2D eigenvalue weighted by atomic mass is 9.89. The van der Waals surface area contributed by atoms with Crippen molar-refractivity contribution in [1.82, 2.24) is 5.32 Å². The van der Waals surface area contributed by atoms with Crippen LogP contribution in [0.3, 0.4) is 0 Å². The summed E-state index contributed by atoms with van der Waals surface area (Å²) in [5.41, 5.74) is 3.79. The summed E-state index contributed by atoms with van der Waals surface area (Å²) in [6, 6.07) is 27.4. The number of rotatable bonds is 5. The highest BCUT2D eigenvalue weighted by Gasteiger charge is 2.31. The van der Waals surface area contributed by atoms with Gasteiger partial charge in [0, 0.05) is 12.1 Å². The van der Waals surface area contributed by atoms with Gasteiger partial charge in [0.25, 0.3) is 0 Å². The van der Waals surface area contributed by atoms with Gasteiger partial charge in [-0.25, -0.2) is 0 Å². The number of carbonyl (C=O) groups excluding carboxylic acids is 2. The molecule has 0 aliphatic carbocycles. The molecular weight excluding hydrogens is 348 g/mol. The van der Waals surface area contributed by atoms with E-state index in [2.05, 4.69) is 22.8 Å². The van der Waals surface area contributed by atoms with Gasteiger partial charge in [0.15, 0.2) is 0 Å². The van der Waals surface area contributed by atoms with E-state index in [1.165, 1.54) is 0 Å². The quantitative estimate of drug-likeness (QED) is 0.707. The van der Waals surface area contributed by atoms with Gasteiger partial charge < -0.3 is 10.6 Å². The predicted octanol–water partition coefficient (Wildman–Crippen LogP) is 4.21. The average Bonchev–Trinajstić information content (AvgIpc) is 2.74. The number of hydrogen-bond donors (Lipinski definition) is 2. The van der Waals surface area contributed by atoms with Gasteiger partial charge in [-0.15, -0.1) is 0 Å². The van der Waals surface area contributed by atoms with Crippen LogP contribution in [0.15, 0.2) is 84.9 Å². The summed E-state index contributed by atoms with van der Waals surface area (Å²) in [6.07, 6.45) is 0.854. The van der Waals surface area contributed by atoms with E-state index in [0.717, 1.165) is 22.4 Å². The van der Waals surface area contributed by atoms with Gasteiger partial charge in [-0.05, 0) is 29.2 Å². The number of fused-ring (bicyclic) bond motifs is 1. The predicted molar refractivity (Wildman–Crippen MR) is 110 cm³/mol. The second-order valence-electron chi connectivity index (χ2n) is 7.05. The van der Waals surface area contributed by atoms with Gasteiger partial charge in [0.2, 0.25) is 11.8 Å². The highest BCUT2D eigenvalue weighted by Crippen LogP contribution is 2.33. The number of nitrogens with one attached hydrogen (secondary N) is 2. The lowest BCUT2D eigenvalue weighted by molar-refractivity contribution is -0.126. The molecule has 2 unspecified atom stereocenters. The van der Waals surface area contributed by atoms with Crippen LogP contribution >= 0.6 is 0 Å². The standard InChI is InChI=1S/C24H22N2O2/c27-23-16-20(19-13-7-8-14-21(19)25-23)24(28)26-22(18-11-5-2-6-12-18)15-17-9-3-1-4-10-17/h1-14,20,22H,15-16H2,(H,25,27)(H,26,28). The normalized spacial score (nSPS) is 16.6. The van der Waals surface area contributed by atoms with Crippen molar-refractivity contribution in [2.24, 2.45) is 0 Å². The van der Waals surface area contributed by atoms with Crippen molar-refractivity contribution in [3.8, 4) is 0 Å². The van der Waals surface area contributed by atoms with Gasteiger partial charge in [0.05, 0.1) is 12.0 Å². The molecule has 0 saturated heterocycles. The summed E-state index contributed by atoms with van der Waals surface area (Å²) in [7, 11) is 0. The number of para-hydroxylation sites is 1. The third-order valence-electron chi connectivity index (χ3n) is 5.12. The van der Waals surface area contributed by atoms with Gasteiger partial charge in [-0.2, -0.15) is 0 Å². The maximum Gasteiger partial charge on any atom is 0.228 e. The van der Waals surface area contributed by atoms with E-state index < -0.39 is 5.92 Å².